The highest BCUT2D eigenvalue weighted by Gasteiger charge is 2.12. The average molecular weight is 258 g/mol. The van der Waals surface area contributed by atoms with Crippen LogP contribution >= 0.6 is 0 Å². The molecule has 2 aromatic rings. The Bertz CT molecular complexity index is 566. The van der Waals surface area contributed by atoms with Crippen LogP contribution in [0, 0.1) is 13.8 Å². The van der Waals surface area contributed by atoms with Gasteiger partial charge in [-0.15, -0.1) is 0 Å². The van der Waals surface area contributed by atoms with Crippen molar-refractivity contribution < 1.29 is 4.74 Å². The highest BCUT2D eigenvalue weighted by atomic mass is 16.5. The Hall–Kier alpha value is -1.61. The first-order valence-corrected chi connectivity index (χ1v) is 6.80. The van der Waals surface area contributed by atoms with E-state index >= 15 is 0 Å². The molecular formula is C16H22N2O. The molecule has 3 heteroatoms. The summed E-state index contributed by atoms with van der Waals surface area (Å²) in [6.45, 7) is 8.65. The number of ether oxygens (including phenoxy) is 1. The Balaban J connectivity index is 2.42. The van der Waals surface area contributed by atoms with E-state index in [1.807, 2.05) is 13.0 Å². The standard InChI is InChI=1S/C16H22N2O/c1-5-19-11-10-18(4)16-12(2)13(3)17-15-9-7-6-8-14(15)16/h6-9H,5,10-11H2,1-4H3. The van der Waals surface area contributed by atoms with Crippen molar-refractivity contribution in [2.24, 2.45) is 0 Å². The molecule has 0 N–H and O–H groups in total. The lowest BCUT2D eigenvalue weighted by atomic mass is 10.1. The monoisotopic (exact) mass is 258 g/mol. The maximum absolute atomic E-state index is 5.45. The highest BCUT2D eigenvalue weighted by molar-refractivity contribution is 5.93. The SMILES string of the molecule is CCOCCN(C)c1c(C)c(C)nc2ccccc12. The summed E-state index contributed by atoms with van der Waals surface area (Å²) in [5.41, 5.74) is 4.67. The summed E-state index contributed by atoms with van der Waals surface area (Å²) < 4.78 is 5.45. The van der Waals surface area contributed by atoms with Gasteiger partial charge in [0.05, 0.1) is 17.8 Å². The first-order chi connectivity index (χ1) is 9.15. The fraction of sp³-hybridized carbons (Fsp3) is 0.438. The summed E-state index contributed by atoms with van der Waals surface area (Å²) in [6, 6.07) is 8.32. The zero-order valence-corrected chi connectivity index (χ0v) is 12.2. The molecule has 1 aromatic heterocycles. The fourth-order valence-corrected chi connectivity index (χ4v) is 2.36. The summed E-state index contributed by atoms with van der Waals surface area (Å²) in [4.78, 5) is 6.92. The minimum Gasteiger partial charge on any atom is -0.380 e. The molecule has 0 spiro atoms. The quantitative estimate of drug-likeness (QED) is 0.769. The molecule has 0 aliphatic heterocycles. The van der Waals surface area contributed by atoms with Crippen LogP contribution in [0.5, 0.6) is 0 Å². The lowest BCUT2D eigenvalue weighted by Gasteiger charge is -2.24. The van der Waals surface area contributed by atoms with Gasteiger partial charge in [-0.05, 0) is 32.4 Å². The van der Waals surface area contributed by atoms with Gasteiger partial charge >= 0.3 is 0 Å². The number of rotatable bonds is 5. The van der Waals surface area contributed by atoms with Crippen molar-refractivity contribution in [1.29, 1.82) is 0 Å². The number of aromatic nitrogens is 1. The van der Waals surface area contributed by atoms with Crippen LogP contribution < -0.4 is 4.90 Å². The summed E-state index contributed by atoms with van der Waals surface area (Å²) >= 11 is 0. The molecule has 0 unspecified atom stereocenters. The Morgan fingerprint density at radius 1 is 1.21 bits per heavy atom. The lowest BCUT2D eigenvalue weighted by Crippen LogP contribution is -2.24. The maximum atomic E-state index is 5.45. The van der Waals surface area contributed by atoms with E-state index in [0.717, 1.165) is 31.0 Å². The van der Waals surface area contributed by atoms with E-state index in [0.29, 0.717) is 0 Å². The normalized spacial score (nSPS) is 10.9. The fourth-order valence-electron chi connectivity index (χ4n) is 2.36. The molecule has 0 atom stereocenters. The Morgan fingerprint density at radius 2 is 1.95 bits per heavy atom. The number of nitrogens with zero attached hydrogens (tertiary/aromatic N) is 2. The van der Waals surface area contributed by atoms with Gasteiger partial charge in [-0.1, -0.05) is 18.2 Å². The first kappa shape index (κ1) is 13.8. The number of likely N-dealkylation sites (N-methyl/N-ethyl adjacent to an activating group) is 1. The Morgan fingerprint density at radius 3 is 2.68 bits per heavy atom. The molecule has 19 heavy (non-hydrogen) atoms. The van der Waals surface area contributed by atoms with Gasteiger partial charge in [0.1, 0.15) is 0 Å². The van der Waals surface area contributed by atoms with Gasteiger partial charge in [0.15, 0.2) is 0 Å². The van der Waals surface area contributed by atoms with E-state index in [2.05, 4.69) is 49.0 Å². The molecule has 0 bridgehead atoms. The van der Waals surface area contributed by atoms with E-state index in [1.165, 1.54) is 16.6 Å². The van der Waals surface area contributed by atoms with Gasteiger partial charge in [0, 0.05) is 31.3 Å². The van der Waals surface area contributed by atoms with Crippen molar-refractivity contribution in [2.45, 2.75) is 20.8 Å². The molecular weight excluding hydrogens is 236 g/mol. The van der Waals surface area contributed by atoms with Crippen LogP contribution in [0.3, 0.4) is 0 Å². The van der Waals surface area contributed by atoms with Crippen LogP contribution in [0.2, 0.25) is 0 Å². The van der Waals surface area contributed by atoms with Gasteiger partial charge in [0.25, 0.3) is 0 Å². The van der Waals surface area contributed by atoms with Crippen molar-refractivity contribution in [3.63, 3.8) is 0 Å². The molecule has 1 heterocycles. The summed E-state index contributed by atoms with van der Waals surface area (Å²) in [5.74, 6) is 0. The van der Waals surface area contributed by atoms with E-state index in [-0.39, 0.29) is 0 Å². The topological polar surface area (TPSA) is 25.4 Å². The molecule has 0 saturated carbocycles. The van der Waals surface area contributed by atoms with E-state index < -0.39 is 0 Å². The number of anilines is 1. The second kappa shape index (κ2) is 6.02. The van der Waals surface area contributed by atoms with Crippen LogP contribution in [0.15, 0.2) is 24.3 Å². The van der Waals surface area contributed by atoms with Crippen molar-refractivity contribution >= 4 is 16.6 Å². The maximum Gasteiger partial charge on any atom is 0.0726 e. The molecule has 0 aliphatic rings. The summed E-state index contributed by atoms with van der Waals surface area (Å²) in [6.07, 6.45) is 0. The number of fused-ring (bicyclic) bond motifs is 1. The van der Waals surface area contributed by atoms with E-state index in [1.54, 1.807) is 0 Å². The largest absolute Gasteiger partial charge is 0.380 e. The third-order valence-electron chi connectivity index (χ3n) is 3.50. The van der Waals surface area contributed by atoms with Crippen LogP contribution in [0.25, 0.3) is 10.9 Å². The lowest BCUT2D eigenvalue weighted by molar-refractivity contribution is 0.154. The average Bonchev–Trinajstić information content (AvgIpc) is 2.40. The van der Waals surface area contributed by atoms with Crippen LogP contribution in [0.4, 0.5) is 5.69 Å². The molecule has 0 saturated heterocycles. The van der Waals surface area contributed by atoms with Gasteiger partial charge in [-0.3, -0.25) is 4.98 Å². The predicted molar refractivity (Wildman–Crippen MR) is 81.0 cm³/mol. The van der Waals surface area contributed by atoms with E-state index in [4.69, 9.17) is 4.74 Å². The summed E-state index contributed by atoms with van der Waals surface area (Å²) in [5, 5.41) is 1.21. The second-order valence-corrected chi connectivity index (χ2v) is 4.81. The smallest absolute Gasteiger partial charge is 0.0726 e. The number of hydrogen-bond acceptors (Lipinski definition) is 3. The zero-order valence-electron chi connectivity index (χ0n) is 12.2. The molecule has 1 aromatic carbocycles. The molecule has 0 radical (unpaired) electrons. The molecule has 2 rings (SSSR count). The number of pyridine rings is 1. The third kappa shape index (κ3) is 2.87. The second-order valence-electron chi connectivity index (χ2n) is 4.81. The third-order valence-corrected chi connectivity index (χ3v) is 3.50. The molecule has 0 amide bonds. The predicted octanol–water partition coefficient (Wildman–Crippen LogP) is 3.32. The minimum atomic E-state index is 0.752. The van der Waals surface area contributed by atoms with E-state index in [9.17, 15) is 0 Å². The van der Waals surface area contributed by atoms with Gasteiger partial charge in [0.2, 0.25) is 0 Å². The van der Waals surface area contributed by atoms with Crippen molar-refractivity contribution in [2.75, 3.05) is 31.7 Å². The molecule has 102 valence electrons. The zero-order chi connectivity index (χ0) is 13.8. The number of hydrogen-bond donors (Lipinski definition) is 0. The van der Waals surface area contributed by atoms with Gasteiger partial charge in [-0.25, -0.2) is 0 Å². The highest BCUT2D eigenvalue weighted by Crippen LogP contribution is 2.30. The Kier molecular flexibility index (Phi) is 4.38. The van der Waals surface area contributed by atoms with Crippen molar-refractivity contribution in [3.05, 3.63) is 35.5 Å². The molecule has 0 fully saturated rings. The number of para-hydroxylation sites is 1. The number of aryl methyl sites for hydroxylation is 1. The van der Waals surface area contributed by atoms with Gasteiger partial charge in [-0.2, -0.15) is 0 Å². The number of benzene rings is 1. The molecule has 0 aliphatic carbocycles. The first-order valence-electron chi connectivity index (χ1n) is 6.80. The molecule has 3 nitrogen and oxygen atoms in total. The van der Waals surface area contributed by atoms with Crippen LogP contribution in [-0.4, -0.2) is 31.8 Å². The van der Waals surface area contributed by atoms with Crippen LogP contribution in [-0.2, 0) is 4.74 Å². The van der Waals surface area contributed by atoms with Crippen LogP contribution in [0.1, 0.15) is 18.2 Å². The minimum absolute atomic E-state index is 0.752. The van der Waals surface area contributed by atoms with Crippen molar-refractivity contribution in [1.82, 2.24) is 4.98 Å². The van der Waals surface area contributed by atoms with Gasteiger partial charge < -0.3 is 9.64 Å². The van der Waals surface area contributed by atoms with Crippen molar-refractivity contribution in [3.8, 4) is 0 Å². The summed E-state index contributed by atoms with van der Waals surface area (Å²) in [7, 11) is 2.12. The Labute approximate surface area is 115 Å².